The zero-order valence-electron chi connectivity index (χ0n) is 20.0. The molecule has 1 aromatic carbocycles. The first-order valence-corrected chi connectivity index (χ1v) is 11.8. The van der Waals surface area contributed by atoms with Crippen LogP contribution in [0.3, 0.4) is 0 Å². The molecule has 0 spiro atoms. The van der Waals surface area contributed by atoms with Crippen LogP contribution in [0.25, 0.3) is 11.2 Å². The van der Waals surface area contributed by atoms with Gasteiger partial charge in [0.15, 0.2) is 0 Å². The van der Waals surface area contributed by atoms with Crippen LogP contribution < -0.4 is 16.0 Å². The van der Waals surface area contributed by atoms with Crippen LogP contribution in [-0.2, 0) is 11.3 Å². The number of hydrogen-bond acceptors (Lipinski definition) is 8. The average Bonchev–Trinajstić information content (AvgIpc) is 3.27. The molecule has 1 unspecified atom stereocenters. The number of morpholine rings is 1. The Morgan fingerprint density at radius 1 is 1.31 bits per heavy atom. The van der Waals surface area contributed by atoms with Crippen LogP contribution in [0.4, 0.5) is 15.9 Å². The summed E-state index contributed by atoms with van der Waals surface area (Å²) in [6.07, 6.45) is 6.64. The lowest BCUT2D eigenvalue weighted by atomic mass is 10.1. The van der Waals surface area contributed by atoms with Gasteiger partial charge >= 0.3 is 0 Å². The number of amides is 1. The molecule has 10 nitrogen and oxygen atoms in total. The lowest BCUT2D eigenvalue weighted by Crippen LogP contribution is -2.40. The second-order valence-electron chi connectivity index (χ2n) is 8.82. The number of carbonyl (C=O) groups is 1. The van der Waals surface area contributed by atoms with Crippen LogP contribution in [0.1, 0.15) is 34.5 Å². The van der Waals surface area contributed by atoms with E-state index in [0.29, 0.717) is 46.9 Å². The van der Waals surface area contributed by atoms with Gasteiger partial charge in [-0.25, -0.2) is 14.4 Å². The Morgan fingerprint density at radius 2 is 2.19 bits per heavy atom. The van der Waals surface area contributed by atoms with Crippen molar-refractivity contribution in [2.24, 2.45) is 0 Å². The summed E-state index contributed by atoms with van der Waals surface area (Å²) in [6, 6.07) is 5.75. The van der Waals surface area contributed by atoms with E-state index < -0.39 is 11.9 Å². The molecule has 1 amide bonds. The molecule has 11 heteroatoms. The molecule has 1 saturated heterocycles. The Hall–Kier alpha value is -3.96. The van der Waals surface area contributed by atoms with Crippen molar-refractivity contribution in [1.29, 1.82) is 0 Å². The summed E-state index contributed by atoms with van der Waals surface area (Å²) in [6.45, 7) is 6.58. The fraction of sp³-hybridized carbons (Fsp3) is 0.320. The van der Waals surface area contributed by atoms with Crippen molar-refractivity contribution in [3.8, 4) is 0 Å². The highest BCUT2D eigenvalue weighted by Crippen LogP contribution is 2.25. The number of pyridine rings is 1. The minimum atomic E-state index is -0.446. The van der Waals surface area contributed by atoms with E-state index in [9.17, 15) is 9.18 Å². The first kappa shape index (κ1) is 23.8. The van der Waals surface area contributed by atoms with Gasteiger partial charge < -0.3 is 20.7 Å². The summed E-state index contributed by atoms with van der Waals surface area (Å²) >= 11 is 0. The van der Waals surface area contributed by atoms with Gasteiger partial charge in [0, 0.05) is 36.7 Å². The molecule has 1 fully saturated rings. The lowest BCUT2D eigenvalue weighted by molar-refractivity contribution is 0.0162. The summed E-state index contributed by atoms with van der Waals surface area (Å²) in [4.78, 5) is 25.6. The Labute approximate surface area is 207 Å². The zero-order valence-corrected chi connectivity index (χ0v) is 20.0. The summed E-state index contributed by atoms with van der Waals surface area (Å²) in [5.74, 6) is -0.245. The summed E-state index contributed by atoms with van der Waals surface area (Å²) < 4.78 is 22.2. The van der Waals surface area contributed by atoms with E-state index in [1.165, 1.54) is 18.3 Å². The predicted molar refractivity (Wildman–Crippen MR) is 133 cm³/mol. The van der Waals surface area contributed by atoms with Crippen LogP contribution in [0.15, 0.2) is 49.1 Å². The van der Waals surface area contributed by atoms with E-state index in [2.05, 4.69) is 36.0 Å². The van der Waals surface area contributed by atoms with Crippen LogP contribution >= 0.6 is 0 Å². The number of fused-ring (bicyclic) bond motifs is 1. The molecule has 3 aromatic heterocycles. The van der Waals surface area contributed by atoms with Gasteiger partial charge in [-0.1, -0.05) is 0 Å². The molecular formula is C25H27FN8O2. The normalized spacial score (nSPS) is 16.6. The second-order valence-corrected chi connectivity index (χ2v) is 8.82. The SMILES string of the molecule is Cc1cncc(C(=O)Nc2ccc(F)c([C@H](C)Nc3cnc4cn(CC5CNCCO5)nc4n3)c2)c1. The second kappa shape index (κ2) is 10.3. The van der Waals surface area contributed by atoms with Gasteiger partial charge in [-0.05, 0) is 43.7 Å². The summed E-state index contributed by atoms with van der Waals surface area (Å²) in [7, 11) is 0. The Bertz CT molecular complexity index is 1390. The molecule has 186 valence electrons. The number of benzene rings is 1. The van der Waals surface area contributed by atoms with E-state index >= 15 is 0 Å². The van der Waals surface area contributed by atoms with Crippen molar-refractivity contribution in [2.75, 3.05) is 30.3 Å². The van der Waals surface area contributed by atoms with Crippen molar-refractivity contribution in [1.82, 2.24) is 30.0 Å². The van der Waals surface area contributed by atoms with Crippen molar-refractivity contribution < 1.29 is 13.9 Å². The minimum Gasteiger partial charge on any atom is -0.374 e. The van der Waals surface area contributed by atoms with Crippen LogP contribution in [0.2, 0.25) is 0 Å². The molecule has 2 atom stereocenters. The summed E-state index contributed by atoms with van der Waals surface area (Å²) in [5, 5.41) is 13.8. The fourth-order valence-corrected chi connectivity index (χ4v) is 4.09. The van der Waals surface area contributed by atoms with Gasteiger partial charge in [-0.2, -0.15) is 5.10 Å². The zero-order chi connectivity index (χ0) is 25.1. The molecular weight excluding hydrogens is 463 g/mol. The van der Waals surface area contributed by atoms with E-state index in [0.717, 1.165) is 18.7 Å². The number of aromatic nitrogens is 5. The highest BCUT2D eigenvalue weighted by molar-refractivity contribution is 6.04. The third-order valence-corrected chi connectivity index (χ3v) is 5.89. The molecule has 5 rings (SSSR count). The maximum Gasteiger partial charge on any atom is 0.257 e. The van der Waals surface area contributed by atoms with Crippen molar-refractivity contribution in [3.05, 3.63) is 71.6 Å². The smallest absolute Gasteiger partial charge is 0.257 e. The Balaban J connectivity index is 1.28. The highest BCUT2D eigenvalue weighted by atomic mass is 19.1. The van der Waals surface area contributed by atoms with Crippen LogP contribution in [0.5, 0.6) is 0 Å². The number of nitrogens with zero attached hydrogens (tertiary/aromatic N) is 5. The van der Waals surface area contributed by atoms with Gasteiger partial charge in [-0.3, -0.25) is 14.5 Å². The Kier molecular flexibility index (Phi) is 6.83. The number of aryl methyl sites for hydroxylation is 1. The van der Waals surface area contributed by atoms with Gasteiger partial charge in [0.1, 0.15) is 17.2 Å². The molecule has 4 aromatic rings. The molecule has 0 radical (unpaired) electrons. The van der Waals surface area contributed by atoms with Gasteiger partial charge in [0.25, 0.3) is 5.91 Å². The highest BCUT2D eigenvalue weighted by Gasteiger charge is 2.17. The minimum absolute atomic E-state index is 0.0450. The molecule has 3 N–H and O–H groups in total. The first-order valence-electron chi connectivity index (χ1n) is 11.8. The lowest BCUT2D eigenvalue weighted by Gasteiger charge is -2.23. The maximum atomic E-state index is 14.7. The van der Waals surface area contributed by atoms with E-state index in [-0.39, 0.29) is 12.0 Å². The van der Waals surface area contributed by atoms with Gasteiger partial charge in [-0.15, -0.1) is 0 Å². The van der Waals surface area contributed by atoms with Crippen molar-refractivity contribution in [2.45, 2.75) is 32.5 Å². The maximum absolute atomic E-state index is 14.7. The number of nitrogens with one attached hydrogen (secondary N) is 3. The topological polar surface area (TPSA) is 119 Å². The predicted octanol–water partition coefficient (Wildman–Crippen LogP) is 3.08. The molecule has 1 aliphatic rings. The first-order chi connectivity index (χ1) is 17.4. The number of carbonyl (C=O) groups excluding carboxylic acids is 1. The van der Waals surface area contributed by atoms with Crippen molar-refractivity contribution >= 4 is 28.6 Å². The average molecular weight is 491 g/mol. The molecule has 0 bridgehead atoms. The number of ether oxygens (including phenoxy) is 1. The Morgan fingerprint density at radius 3 is 3.00 bits per heavy atom. The standard InChI is InChI=1S/C25H27FN8O2/c1-15-7-17(10-28-9-15)25(35)31-18-3-4-21(26)20(8-18)16(2)30-23-12-29-22-14-34(33-24(22)32-23)13-19-11-27-5-6-36-19/h3-4,7-10,12,14,16,19,27H,5-6,11,13H2,1-2H3,(H,31,35)(H,30,32,33)/t16-,19?/m0/s1. The molecule has 1 aliphatic heterocycles. The number of rotatable bonds is 7. The monoisotopic (exact) mass is 490 g/mol. The van der Waals surface area contributed by atoms with Crippen molar-refractivity contribution in [3.63, 3.8) is 0 Å². The molecule has 0 aliphatic carbocycles. The third-order valence-electron chi connectivity index (χ3n) is 5.89. The summed E-state index contributed by atoms with van der Waals surface area (Å²) in [5.41, 5.74) is 3.32. The van der Waals surface area contributed by atoms with Crippen LogP contribution in [-0.4, -0.2) is 56.4 Å². The van der Waals surface area contributed by atoms with E-state index in [4.69, 9.17) is 4.74 Å². The third kappa shape index (κ3) is 5.47. The van der Waals surface area contributed by atoms with Gasteiger partial charge in [0.2, 0.25) is 5.65 Å². The quantitative estimate of drug-likeness (QED) is 0.362. The molecule has 4 heterocycles. The molecule has 0 saturated carbocycles. The molecule has 36 heavy (non-hydrogen) atoms. The van der Waals surface area contributed by atoms with E-state index in [1.54, 1.807) is 29.2 Å². The number of halogens is 1. The van der Waals surface area contributed by atoms with E-state index in [1.807, 2.05) is 20.0 Å². The fourth-order valence-electron chi connectivity index (χ4n) is 4.09. The largest absolute Gasteiger partial charge is 0.374 e. The number of anilines is 2. The van der Waals surface area contributed by atoms with Crippen LogP contribution in [0, 0.1) is 12.7 Å². The number of hydrogen-bond donors (Lipinski definition) is 3. The van der Waals surface area contributed by atoms with Gasteiger partial charge in [0.05, 0.1) is 43.3 Å².